The standard InChI is InChI=1S/C20H23N5OS/c26-19-6-8-21-14-25(19)15-4-5-17-18(12-15)27-20(22-17)24-11-7-16(13-24)23-9-2-1-3-10-23/h4-6,8,12,14,16H,1-3,7,9-11,13H2/t16-/m1/s1. The minimum atomic E-state index is -0.0713. The monoisotopic (exact) mass is 381 g/mol. The average Bonchev–Trinajstić information content (AvgIpc) is 3.35. The van der Waals surface area contributed by atoms with E-state index in [9.17, 15) is 4.79 Å². The molecule has 0 aliphatic carbocycles. The van der Waals surface area contributed by atoms with E-state index in [1.54, 1.807) is 22.2 Å². The predicted octanol–water partition coefficient (Wildman–Crippen LogP) is 2.91. The van der Waals surface area contributed by atoms with Gasteiger partial charge in [-0.1, -0.05) is 17.8 Å². The van der Waals surface area contributed by atoms with Crippen molar-refractivity contribution in [2.75, 3.05) is 31.1 Å². The summed E-state index contributed by atoms with van der Waals surface area (Å²) in [6.45, 7) is 4.66. The second-order valence-electron chi connectivity index (χ2n) is 7.42. The second kappa shape index (κ2) is 7.05. The fourth-order valence-corrected chi connectivity index (χ4v) is 5.26. The lowest BCUT2D eigenvalue weighted by Gasteiger charge is -2.32. The van der Waals surface area contributed by atoms with E-state index in [0.29, 0.717) is 6.04 Å². The van der Waals surface area contributed by atoms with Crippen LogP contribution in [0.5, 0.6) is 0 Å². The summed E-state index contributed by atoms with van der Waals surface area (Å²) >= 11 is 1.72. The Kier molecular flexibility index (Phi) is 4.41. The zero-order chi connectivity index (χ0) is 18.2. The van der Waals surface area contributed by atoms with Crippen molar-refractivity contribution in [3.63, 3.8) is 0 Å². The van der Waals surface area contributed by atoms with E-state index in [0.717, 1.165) is 34.1 Å². The number of nitrogens with zero attached hydrogens (tertiary/aromatic N) is 5. The van der Waals surface area contributed by atoms with Crippen LogP contribution in [-0.2, 0) is 0 Å². The number of likely N-dealkylation sites (tertiary alicyclic amines) is 1. The Bertz CT molecular complexity index is 1010. The predicted molar refractivity (Wildman–Crippen MR) is 109 cm³/mol. The van der Waals surface area contributed by atoms with E-state index in [4.69, 9.17) is 4.98 Å². The molecule has 0 bridgehead atoms. The van der Waals surface area contributed by atoms with Crippen molar-refractivity contribution in [1.82, 2.24) is 19.4 Å². The van der Waals surface area contributed by atoms with E-state index >= 15 is 0 Å². The molecular formula is C20H23N5OS. The number of rotatable bonds is 3. The lowest BCUT2D eigenvalue weighted by atomic mass is 10.1. The van der Waals surface area contributed by atoms with Gasteiger partial charge in [0.15, 0.2) is 5.13 Å². The first-order chi connectivity index (χ1) is 13.3. The van der Waals surface area contributed by atoms with E-state index in [1.165, 1.54) is 51.0 Å². The summed E-state index contributed by atoms with van der Waals surface area (Å²) < 4.78 is 2.68. The van der Waals surface area contributed by atoms with E-state index < -0.39 is 0 Å². The number of benzene rings is 1. The molecule has 27 heavy (non-hydrogen) atoms. The van der Waals surface area contributed by atoms with Crippen molar-refractivity contribution in [2.24, 2.45) is 0 Å². The maximum atomic E-state index is 12.1. The highest BCUT2D eigenvalue weighted by atomic mass is 32.1. The van der Waals surface area contributed by atoms with Gasteiger partial charge in [-0.25, -0.2) is 9.97 Å². The van der Waals surface area contributed by atoms with Crippen LogP contribution < -0.4 is 10.5 Å². The Labute approximate surface area is 162 Å². The normalized spacial score (nSPS) is 21.2. The van der Waals surface area contributed by atoms with Crippen LogP contribution in [0.15, 0.2) is 41.6 Å². The van der Waals surface area contributed by atoms with Crippen LogP contribution >= 0.6 is 11.3 Å². The number of thiazole rings is 1. The third kappa shape index (κ3) is 3.26. The number of fused-ring (bicyclic) bond motifs is 1. The molecule has 4 heterocycles. The van der Waals surface area contributed by atoms with Gasteiger partial charge >= 0.3 is 0 Å². The third-order valence-corrected chi connectivity index (χ3v) is 6.78. The van der Waals surface area contributed by atoms with Crippen LogP contribution in [0.4, 0.5) is 5.13 Å². The highest BCUT2D eigenvalue weighted by molar-refractivity contribution is 7.22. The van der Waals surface area contributed by atoms with Gasteiger partial charge in [-0.2, -0.15) is 0 Å². The maximum absolute atomic E-state index is 12.1. The van der Waals surface area contributed by atoms with Gasteiger partial charge < -0.3 is 4.90 Å². The molecule has 0 saturated carbocycles. The number of piperidine rings is 1. The molecule has 0 radical (unpaired) electrons. The van der Waals surface area contributed by atoms with Crippen molar-refractivity contribution in [3.05, 3.63) is 47.1 Å². The summed E-state index contributed by atoms with van der Waals surface area (Å²) in [7, 11) is 0. The van der Waals surface area contributed by atoms with Crippen LogP contribution in [-0.4, -0.2) is 51.7 Å². The summed E-state index contributed by atoms with van der Waals surface area (Å²) in [5.41, 5.74) is 1.76. The van der Waals surface area contributed by atoms with Crippen molar-refractivity contribution < 1.29 is 0 Å². The van der Waals surface area contributed by atoms with Crippen LogP contribution in [0.25, 0.3) is 15.9 Å². The minimum Gasteiger partial charge on any atom is -0.346 e. The highest BCUT2D eigenvalue weighted by Crippen LogP contribution is 2.33. The molecule has 2 aromatic heterocycles. The number of aromatic nitrogens is 3. The zero-order valence-corrected chi connectivity index (χ0v) is 16.1. The Hall–Kier alpha value is -2.25. The van der Waals surface area contributed by atoms with E-state index in [2.05, 4.69) is 14.8 Å². The fourth-order valence-electron chi connectivity index (χ4n) is 4.23. The number of hydrogen-bond acceptors (Lipinski definition) is 6. The molecule has 1 aromatic carbocycles. The summed E-state index contributed by atoms with van der Waals surface area (Å²) in [6, 6.07) is 8.13. The van der Waals surface area contributed by atoms with Crippen LogP contribution in [0.2, 0.25) is 0 Å². The van der Waals surface area contributed by atoms with Crippen molar-refractivity contribution in [3.8, 4) is 5.69 Å². The van der Waals surface area contributed by atoms with Gasteiger partial charge in [-0.15, -0.1) is 0 Å². The fraction of sp³-hybridized carbons (Fsp3) is 0.450. The first kappa shape index (κ1) is 16.9. The van der Waals surface area contributed by atoms with Crippen LogP contribution in [0.1, 0.15) is 25.7 Å². The first-order valence-electron chi connectivity index (χ1n) is 9.70. The van der Waals surface area contributed by atoms with E-state index in [-0.39, 0.29) is 5.56 Å². The van der Waals surface area contributed by atoms with Crippen molar-refractivity contribution in [1.29, 1.82) is 0 Å². The SMILES string of the molecule is O=c1ccncn1-c1ccc2nc(N3CC[C@@H](N4CCCCC4)C3)sc2c1. The molecule has 0 amide bonds. The second-order valence-corrected chi connectivity index (χ2v) is 8.43. The summed E-state index contributed by atoms with van der Waals surface area (Å²) in [4.78, 5) is 26.1. The maximum Gasteiger partial charge on any atom is 0.257 e. The molecule has 2 fully saturated rings. The van der Waals surface area contributed by atoms with Gasteiger partial charge in [0.25, 0.3) is 5.56 Å². The third-order valence-electron chi connectivity index (χ3n) is 5.70. The van der Waals surface area contributed by atoms with E-state index in [1.807, 2.05) is 18.2 Å². The van der Waals surface area contributed by atoms with Crippen LogP contribution in [0.3, 0.4) is 0 Å². The van der Waals surface area contributed by atoms with Gasteiger partial charge in [0.05, 0.1) is 15.9 Å². The molecule has 6 nitrogen and oxygen atoms in total. The molecule has 2 saturated heterocycles. The lowest BCUT2D eigenvalue weighted by Crippen LogP contribution is -2.40. The Morgan fingerprint density at radius 3 is 2.81 bits per heavy atom. The Morgan fingerprint density at radius 1 is 1.07 bits per heavy atom. The molecule has 2 aliphatic rings. The van der Waals surface area contributed by atoms with Gasteiger partial charge in [0.1, 0.15) is 6.33 Å². The Morgan fingerprint density at radius 2 is 1.96 bits per heavy atom. The summed E-state index contributed by atoms with van der Waals surface area (Å²) in [6.07, 6.45) is 8.38. The first-order valence-corrected chi connectivity index (χ1v) is 10.5. The summed E-state index contributed by atoms with van der Waals surface area (Å²) in [5.74, 6) is 0. The highest BCUT2D eigenvalue weighted by Gasteiger charge is 2.29. The zero-order valence-electron chi connectivity index (χ0n) is 15.3. The van der Waals surface area contributed by atoms with Gasteiger partial charge in [-0.05, 0) is 50.6 Å². The molecule has 7 heteroatoms. The van der Waals surface area contributed by atoms with Gasteiger partial charge in [0.2, 0.25) is 0 Å². The Balaban J connectivity index is 1.39. The lowest BCUT2D eigenvalue weighted by molar-refractivity contribution is 0.175. The minimum absolute atomic E-state index is 0.0713. The molecular weight excluding hydrogens is 358 g/mol. The molecule has 0 spiro atoms. The van der Waals surface area contributed by atoms with Crippen molar-refractivity contribution in [2.45, 2.75) is 31.7 Å². The molecule has 3 aromatic rings. The topological polar surface area (TPSA) is 54.3 Å². The van der Waals surface area contributed by atoms with Gasteiger partial charge in [-0.3, -0.25) is 14.3 Å². The van der Waals surface area contributed by atoms with Gasteiger partial charge in [0, 0.05) is 31.4 Å². The quantitative estimate of drug-likeness (QED) is 0.698. The molecule has 2 aliphatic heterocycles. The molecule has 140 valence electrons. The molecule has 5 rings (SSSR count). The summed E-state index contributed by atoms with van der Waals surface area (Å²) in [5, 5.41) is 1.10. The number of anilines is 1. The largest absolute Gasteiger partial charge is 0.346 e. The molecule has 0 unspecified atom stereocenters. The van der Waals surface area contributed by atoms with Crippen LogP contribution in [0, 0.1) is 0 Å². The number of hydrogen-bond donors (Lipinski definition) is 0. The molecule has 1 atom stereocenters. The van der Waals surface area contributed by atoms with Crippen molar-refractivity contribution >= 4 is 26.7 Å². The molecule has 0 N–H and O–H groups in total. The smallest absolute Gasteiger partial charge is 0.257 e. The average molecular weight is 382 g/mol.